The molecule has 6 nitrogen and oxygen atoms in total. The Bertz CT molecular complexity index is 515. The van der Waals surface area contributed by atoms with Gasteiger partial charge in [-0.05, 0) is 50.8 Å². The first-order chi connectivity index (χ1) is 10.6. The predicted molar refractivity (Wildman–Crippen MR) is 81.3 cm³/mol. The second kappa shape index (κ2) is 6.52. The lowest BCUT2D eigenvalue weighted by molar-refractivity contribution is -0.132. The van der Waals surface area contributed by atoms with E-state index in [4.69, 9.17) is 4.42 Å². The van der Waals surface area contributed by atoms with E-state index in [2.05, 4.69) is 10.6 Å². The van der Waals surface area contributed by atoms with Gasteiger partial charge in [0.05, 0.1) is 11.8 Å². The minimum absolute atomic E-state index is 0.00442. The van der Waals surface area contributed by atoms with E-state index in [9.17, 15) is 9.59 Å². The molecule has 120 valence electrons. The fourth-order valence-corrected chi connectivity index (χ4v) is 3.45. The largest absolute Gasteiger partial charge is 0.472 e. The van der Waals surface area contributed by atoms with Crippen molar-refractivity contribution in [1.29, 1.82) is 0 Å². The molecule has 2 aliphatic heterocycles. The third kappa shape index (κ3) is 3.16. The Kier molecular flexibility index (Phi) is 4.47. The molecule has 1 aromatic heterocycles. The zero-order chi connectivity index (χ0) is 15.5. The van der Waals surface area contributed by atoms with Crippen molar-refractivity contribution >= 4 is 11.8 Å². The standard InChI is InChI=1S/C16H23N3O3/c1-11(18-15(20)14-4-7-22-10-14)16(21)19-5-2-12-8-17-9-13(12)3-6-19/h4,7,10-13,17H,2-3,5-6,8-9H2,1H3,(H,18,20)/t11?,12-,13+. The molecule has 2 amide bonds. The highest BCUT2D eigenvalue weighted by molar-refractivity contribution is 5.97. The number of fused-ring (bicyclic) bond motifs is 1. The molecule has 22 heavy (non-hydrogen) atoms. The first-order valence-corrected chi connectivity index (χ1v) is 7.97. The molecule has 0 saturated carbocycles. The van der Waals surface area contributed by atoms with Gasteiger partial charge < -0.3 is 20.0 Å². The molecule has 0 bridgehead atoms. The number of furan rings is 1. The van der Waals surface area contributed by atoms with Crippen molar-refractivity contribution in [3.63, 3.8) is 0 Å². The minimum Gasteiger partial charge on any atom is -0.472 e. The number of hydrogen-bond acceptors (Lipinski definition) is 4. The lowest BCUT2D eigenvalue weighted by atomic mass is 9.92. The highest BCUT2D eigenvalue weighted by Crippen LogP contribution is 2.27. The number of nitrogens with zero attached hydrogens (tertiary/aromatic N) is 1. The molecule has 1 aromatic rings. The second-order valence-corrected chi connectivity index (χ2v) is 6.29. The van der Waals surface area contributed by atoms with Crippen LogP contribution in [0.4, 0.5) is 0 Å². The zero-order valence-corrected chi connectivity index (χ0v) is 12.9. The highest BCUT2D eigenvalue weighted by atomic mass is 16.3. The Morgan fingerprint density at radius 2 is 2.00 bits per heavy atom. The summed E-state index contributed by atoms with van der Waals surface area (Å²) in [4.78, 5) is 26.4. The summed E-state index contributed by atoms with van der Waals surface area (Å²) in [5.41, 5.74) is 0.441. The molecule has 2 aliphatic rings. The van der Waals surface area contributed by atoms with Gasteiger partial charge in [-0.3, -0.25) is 9.59 Å². The number of nitrogens with one attached hydrogen (secondary N) is 2. The summed E-state index contributed by atoms with van der Waals surface area (Å²) in [5, 5.41) is 6.18. The van der Waals surface area contributed by atoms with Gasteiger partial charge in [-0.2, -0.15) is 0 Å². The molecule has 2 fully saturated rings. The van der Waals surface area contributed by atoms with Crippen LogP contribution in [-0.2, 0) is 4.79 Å². The summed E-state index contributed by atoms with van der Waals surface area (Å²) in [6, 6.07) is 1.07. The molecule has 0 radical (unpaired) electrons. The van der Waals surface area contributed by atoms with E-state index >= 15 is 0 Å². The maximum atomic E-state index is 12.5. The normalized spacial score (nSPS) is 26.1. The van der Waals surface area contributed by atoms with Crippen LogP contribution in [0.1, 0.15) is 30.1 Å². The number of likely N-dealkylation sites (tertiary alicyclic amines) is 1. The molecular formula is C16H23N3O3. The second-order valence-electron chi connectivity index (χ2n) is 6.29. The summed E-state index contributed by atoms with van der Waals surface area (Å²) in [6.07, 6.45) is 4.92. The van der Waals surface area contributed by atoms with Crippen LogP contribution >= 0.6 is 0 Å². The van der Waals surface area contributed by atoms with Crippen molar-refractivity contribution in [2.45, 2.75) is 25.8 Å². The van der Waals surface area contributed by atoms with Gasteiger partial charge >= 0.3 is 0 Å². The smallest absolute Gasteiger partial charge is 0.255 e. The monoisotopic (exact) mass is 305 g/mol. The fourth-order valence-electron chi connectivity index (χ4n) is 3.45. The van der Waals surface area contributed by atoms with Crippen molar-refractivity contribution in [2.75, 3.05) is 26.2 Å². The molecule has 3 heterocycles. The van der Waals surface area contributed by atoms with E-state index in [1.807, 2.05) is 4.90 Å². The summed E-state index contributed by atoms with van der Waals surface area (Å²) in [5.74, 6) is 1.11. The van der Waals surface area contributed by atoms with Gasteiger partial charge in [-0.25, -0.2) is 0 Å². The summed E-state index contributed by atoms with van der Waals surface area (Å²) in [7, 11) is 0. The quantitative estimate of drug-likeness (QED) is 0.868. The van der Waals surface area contributed by atoms with Crippen LogP contribution < -0.4 is 10.6 Å². The third-order valence-electron chi connectivity index (χ3n) is 4.83. The van der Waals surface area contributed by atoms with E-state index in [0.29, 0.717) is 17.4 Å². The van der Waals surface area contributed by atoms with Gasteiger partial charge in [0.2, 0.25) is 5.91 Å². The molecule has 6 heteroatoms. The highest BCUT2D eigenvalue weighted by Gasteiger charge is 2.32. The van der Waals surface area contributed by atoms with Gasteiger partial charge in [0.25, 0.3) is 5.91 Å². The van der Waals surface area contributed by atoms with Gasteiger partial charge in [-0.15, -0.1) is 0 Å². The first-order valence-electron chi connectivity index (χ1n) is 7.97. The number of carbonyl (C=O) groups is 2. The average molecular weight is 305 g/mol. The zero-order valence-electron chi connectivity index (χ0n) is 12.9. The number of hydrogen-bond donors (Lipinski definition) is 2. The summed E-state index contributed by atoms with van der Waals surface area (Å²) in [6.45, 7) is 5.45. The lowest BCUT2D eigenvalue weighted by Crippen LogP contribution is -2.47. The number of rotatable bonds is 3. The van der Waals surface area contributed by atoms with E-state index in [1.165, 1.54) is 12.5 Å². The maximum Gasteiger partial charge on any atom is 0.255 e. The van der Waals surface area contributed by atoms with Crippen molar-refractivity contribution in [2.24, 2.45) is 11.8 Å². The fraction of sp³-hybridized carbons (Fsp3) is 0.625. The van der Waals surface area contributed by atoms with E-state index in [-0.39, 0.29) is 11.8 Å². The van der Waals surface area contributed by atoms with Crippen LogP contribution in [0.15, 0.2) is 23.0 Å². The predicted octanol–water partition coefficient (Wildman–Crippen LogP) is 0.856. The molecular weight excluding hydrogens is 282 g/mol. The Morgan fingerprint density at radius 3 is 2.59 bits per heavy atom. The molecule has 0 spiro atoms. The van der Waals surface area contributed by atoms with Crippen LogP contribution in [0.25, 0.3) is 0 Å². The van der Waals surface area contributed by atoms with Crippen LogP contribution in [0.2, 0.25) is 0 Å². The van der Waals surface area contributed by atoms with E-state index in [1.54, 1.807) is 13.0 Å². The maximum absolute atomic E-state index is 12.5. The van der Waals surface area contributed by atoms with Gasteiger partial charge in [0.15, 0.2) is 0 Å². The van der Waals surface area contributed by atoms with Crippen molar-refractivity contribution in [3.8, 4) is 0 Å². The lowest BCUT2D eigenvalue weighted by Gasteiger charge is -2.25. The van der Waals surface area contributed by atoms with Crippen molar-refractivity contribution in [3.05, 3.63) is 24.2 Å². The van der Waals surface area contributed by atoms with Crippen molar-refractivity contribution < 1.29 is 14.0 Å². The van der Waals surface area contributed by atoms with E-state index in [0.717, 1.165) is 39.0 Å². The molecule has 1 unspecified atom stereocenters. The Hall–Kier alpha value is -1.82. The topological polar surface area (TPSA) is 74.6 Å². The Morgan fingerprint density at radius 1 is 1.32 bits per heavy atom. The van der Waals surface area contributed by atoms with E-state index < -0.39 is 6.04 Å². The number of carbonyl (C=O) groups excluding carboxylic acids is 2. The first kappa shape index (κ1) is 15.1. The van der Waals surface area contributed by atoms with Gasteiger partial charge in [0.1, 0.15) is 12.3 Å². The SMILES string of the molecule is CC(NC(=O)c1ccoc1)C(=O)N1CC[C@@H]2CNC[C@@H]2CC1. The molecule has 2 N–H and O–H groups in total. The average Bonchev–Trinajstić information content (AvgIpc) is 3.15. The third-order valence-corrected chi connectivity index (χ3v) is 4.83. The van der Waals surface area contributed by atoms with Gasteiger partial charge in [-0.1, -0.05) is 0 Å². The Balaban J connectivity index is 1.55. The molecule has 0 aliphatic carbocycles. The number of amides is 2. The van der Waals surface area contributed by atoms with Gasteiger partial charge in [0, 0.05) is 13.1 Å². The molecule has 3 rings (SSSR count). The van der Waals surface area contributed by atoms with Crippen LogP contribution in [0.3, 0.4) is 0 Å². The molecule has 0 aromatic carbocycles. The summed E-state index contributed by atoms with van der Waals surface area (Å²) >= 11 is 0. The summed E-state index contributed by atoms with van der Waals surface area (Å²) < 4.78 is 4.89. The van der Waals surface area contributed by atoms with Crippen molar-refractivity contribution in [1.82, 2.24) is 15.5 Å². The minimum atomic E-state index is -0.515. The molecule has 3 atom stereocenters. The van der Waals surface area contributed by atoms with Crippen LogP contribution in [0.5, 0.6) is 0 Å². The molecule has 2 saturated heterocycles. The Labute approximate surface area is 130 Å². The van der Waals surface area contributed by atoms with Crippen LogP contribution in [-0.4, -0.2) is 48.9 Å². The van der Waals surface area contributed by atoms with Crippen LogP contribution in [0, 0.1) is 11.8 Å².